The standard InChI is InChI=1S/C25H50N2O2/c1-5-7-8-15-19-24(28)20-16-13-11-9-10-12-14-17-21-25(29)26-22-18-23-27(3,4)6-2/h13,16,24,28H,5-12,14-15,17-23H2,1-4H3/p+1/b16-13-/t24-/m1/s1. The number of amides is 1. The lowest BCUT2D eigenvalue weighted by atomic mass is 10.1. The Morgan fingerprint density at radius 3 is 2.34 bits per heavy atom. The third-order valence-corrected chi connectivity index (χ3v) is 5.86. The first-order valence-electron chi connectivity index (χ1n) is 12.3. The minimum Gasteiger partial charge on any atom is -0.393 e. The molecule has 0 unspecified atom stereocenters. The van der Waals surface area contributed by atoms with Crippen LogP contribution < -0.4 is 5.32 Å². The normalized spacial score (nSPS) is 13.1. The molecule has 0 aromatic carbocycles. The van der Waals surface area contributed by atoms with E-state index in [9.17, 15) is 9.90 Å². The molecule has 0 rings (SSSR count). The summed E-state index contributed by atoms with van der Waals surface area (Å²) in [6.45, 7) is 7.47. The Labute approximate surface area is 181 Å². The lowest BCUT2D eigenvalue weighted by molar-refractivity contribution is -0.888. The number of quaternary nitrogens is 1. The SMILES string of the molecule is CCCCCC[C@@H](O)C/C=C\CCCCCCCC(=O)NCCC[N+](C)(C)CC. The number of hydrogen-bond acceptors (Lipinski definition) is 2. The molecule has 0 heterocycles. The van der Waals surface area contributed by atoms with Gasteiger partial charge in [0.25, 0.3) is 0 Å². The molecule has 2 N–H and O–H groups in total. The number of aliphatic hydroxyl groups is 1. The van der Waals surface area contributed by atoms with Crippen LogP contribution in [0.15, 0.2) is 12.2 Å². The number of rotatable bonds is 20. The molecule has 0 aliphatic heterocycles. The summed E-state index contributed by atoms with van der Waals surface area (Å²) < 4.78 is 1.02. The molecule has 0 aliphatic carbocycles. The summed E-state index contributed by atoms with van der Waals surface area (Å²) in [6.07, 6.45) is 19.5. The van der Waals surface area contributed by atoms with Gasteiger partial charge in [-0.1, -0.05) is 64.0 Å². The lowest BCUT2D eigenvalue weighted by Crippen LogP contribution is -2.41. The number of nitrogens with one attached hydrogen (secondary N) is 1. The molecule has 0 aromatic rings. The fourth-order valence-corrected chi connectivity index (χ4v) is 3.36. The van der Waals surface area contributed by atoms with E-state index in [2.05, 4.69) is 45.4 Å². The van der Waals surface area contributed by atoms with Crippen molar-refractivity contribution in [3.05, 3.63) is 12.2 Å². The van der Waals surface area contributed by atoms with Crippen LogP contribution in [0.4, 0.5) is 0 Å². The van der Waals surface area contributed by atoms with E-state index in [1.807, 2.05) is 0 Å². The zero-order chi connectivity index (χ0) is 21.8. The van der Waals surface area contributed by atoms with Crippen LogP contribution in [0, 0.1) is 0 Å². The largest absolute Gasteiger partial charge is 0.393 e. The quantitative estimate of drug-likeness (QED) is 0.156. The van der Waals surface area contributed by atoms with Crippen LogP contribution in [-0.2, 0) is 4.79 Å². The number of unbranched alkanes of at least 4 members (excludes halogenated alkanes) is 8. The van der Waals surface area contributed by atoms with E-state index in [4.69, 9.17) is 0 Å². The number of carbonyl (C=O) groups is 1. The van der Waals surface area contributed by atoms with Crippen LogP contribution in [-0.4, -0.2) is 55.3 Å². The van der Waals surface area contributed by atoms with E-state index in [0.717, 1.165) is 69.1 Å². The third-order valence-electron chi connectivity index (χ3n) is 5.86. The molecule has 0 bridgehead atoms. The first-order valence-corrected chi connectivity index (χ1v) is 12.3. The maximum absolute atomic E-state index is 11.9. The third kappa shape index (κ3) is 20.2. The van der Waals surface area contributed by atoms with E-state index in [0.29, 0.717) is 6.42 Å². The summed E-state index contributed by atoms with van der Waals surface area (Å²) in [5.74, 6) is 0.211. The van der Waals surface area contributed by atoms with Crippen LogP contribution in [0.5, 0.6) is 0 Å². The zero-order valence-corrected chi connectivity index (χ0v) is 20.1. The second-order valence-corrected chi connectivity index (χ2v) is 9.20. The Bertz CT molecular complexity index is 408. The van der Waals surface area contributed by atoms with Crippen molar-refractivity contribution in [2.45, 2.75) is 110 Å². The van der Waals surface area contributed by atoms with Gasteiger partial charge in [-0.05, 0) is 39.0 Å². The van der Waals surface area contributed by atoms with Crippen molar-refractivity contribution in [3.8, 4) is 0 Å². The molecule has 0 fully saturated rings. The molecule has 4 heteroatoms. The number of carbonyl (C=O) groups excluding carboxylic acids is 1. The summed E-state index contributed by atoms with van der Waals surface area (Å²) in [6, 6.07) is 0. The lowest BCUT2D eigenvalue weighted by Gasteiger charge is -2.28. The first-order chi connectivity index (χ1) is 13.9. The molecule has 1 atom stereocenters. The minimum absolute atomic E-state index is 0.161. The molecule has 0 radical (unpaired) electrons. The van der Waals surface area contributed by atoms with Gasteiger partial charge in [-0.2, -0.15) is 0 Å². The molecular formula is C25H51N2O2+. The van der Waals surface area contributed by atoms with Crippen LogP contribution in [0.25, 0.3) is 0 Å². The maximum atomic E-state index is 11.9. The highest BCUT2D eigenvalue weighted by Gasteiger charge is 2.10. The summed E-state index contributed by atoms with van der Waals surface area (Å²) >= 11 is 0. The van der Waals surface area contributed by atoms with E-state index in [-0.39, 0.29) is 12.0 Å². The van der Waals surface area contributed by atoms with Crippen LogP contribution >= 0.6 is 0 Å². The smallest absolute Gasteiger partial charge is 0.219 e. The molecule has 1 amide bonds. The summed E-state index contributed by atoms with van der Waals surface area (Å²) in [4.78, 5) is 11.9. The van der Waals surface area contributed by atoms with Crippen LogP contribution in [0.1, 0.15) is 104 Å². The second-order valence-electron chi connectivity index (χ2n) is 9.20. The van der Waals surface area contributed by atoms with E-state index in [1.54, 1.807) is 0 Å². The van der Waals surface area contributed by atoms with E-state index < -0.39 is 0 Å². The molecule has 0 spiro atoms. The fourth-order valence-electron chi connectivity index (χ4n) is 3.36. The van der Waals surface area contributed by atoms with Gasteiger partial charge in [0.15, 0.2) is 0 Å². The van der Waals surface area contributed by atoms with Gasteiger partial charge in [-0.25, -0.2) is 0 Å². The molecule has 0 saturated carbocycles. The van der Waals surface area contributed by atoms with E-state index >= 15 is 0 Å². The average Bonchev–Trinajstić information content (AvgIpc) is 2.70. The Morgan fingerprint density at radius 2 is 1.62 bits per heavy atom. The van der Waals surface area contributed by atoms with Crippen molar-refractivity contribution in [1.82, 2.24) is 5.32 Å². The molecule has 172 valence electrons. The van der Waals surface area contributed by atoms with Gasteiger partial charge in [-0.15, -0.1) is 0 Å². The van der Waals surface area contributed by atoms with Gasteiger partial charge in [0.1, 0.15) is 0 Å². The van der Waals surface area contributed by atoms with Crippen molar-refractivity contribution in [2.75, 3.05) is 33.7 Å². The Hall–Kier alpha value is -0.870. The molecule has 29 heavy (non-hydrogen) atoms. The highest BCUT2D eigenvalue weighted by Crippen LogP contribution is 2.10. The highest BCUT2D eigenvalue weighted by molar-refractivity contribution is 5.75. The van der Waals surface area contributed by atoms with Gasteiger partial charge >= 0.3 is 0 Å². The van der Waals surface area contributed by atoms with Crippen molar-refractivity contribution in [3.63, 3.8) is 0 Å². The number of allylic oxidation sites excluding steroid dienone is 1. The Balaban J connectivity index is 3.40. The number of aliphatic hydroxyl groups excluding tert-OH is 1. The maximum Gasteiger partial charge on any atom is 0.219 e. The van der Waals surface area contributed by atoms with Crippen molar-refractivity contribution < 1.29 is 14.4 Å². The zero-order valence-electron chi connectivity index (χ0n) is 20.1. The number of hydrogen-bond donors (Lipinski definition) is 2. The molecule has 0 aliphatic rings. The Kier molecular flexibility index (Phi) is 18.5. The summed E-state index contributed by atoms with van der Waals surface area (Å²) in [5.41, 5.74) is 0. The van der Waals surface area contributed by atoms with Crippen molar-refractivity contribution >= 4 is 5.91 Å². The first kappa shape index (κ1) is 28.1. The van der Waals surface area contributed by atoms with Gasteiger partial charge in [0, 0.05) is 19.4 Å². The van der Waals surface area contributed by atoms with Crippen molar-refractivity contribution in [2.24, 2.45) is 0 Å². The Morgan fingerprint density at radius 1 is 0.931 bits per heavy atom. The molecule has 0 aromatic heterocycles. The van der Waals surface area contributed by atoms with Gasteiger partial charge < -0.3 is 14.9 Å². The van der Waals surface area contributed by atoms with E-state index in [1.165, 1.54) is 38.5 Å². The van der Waals surface area contributed by atoms with Crippen molar-refractivity contribution in [1.29, 1.82) is 0 Å². The molecule has 0 saturated heterocycles. The van der Waals surface area contributed by atoms with Gasteiger partial charge in [0.05, 0.1) is 33.3 Å². The highest BCUT2D eigenvalue weighted by atomic mass is 16.3. The monoisotopic (exact) mass is 411 g/mol. The fraction of sp³-hybridized carbons (Fsp3) is 0.880. The summed E-state index contributed by atoms with van der Waals surface area (Å²) in [5, 5.41) is 13.0. The summed E-state index contributed by atoms with van der Waals surface area (Å²) in [7, 11) is 4.47. The number of nitrogens with zero attached hydrogens (tertiary/aromatic N) is 1. The topological polar surface area (TPSA) is 49.3 Å². The molecular weight excluding hydrogens is 360 g/mol. The second kappa shape index (κ2) is 19.1. The van der Waals surface area contributed by atoms with Crippen LogP contribution in [0.3, 0.4) is 0 Å². The predicted octanol–water partition coefficient (Wildman–Crippen LogP) is 5.60. The average molecular weight is 412 g/mol. The minimum atomic E-state index is -0.161. The van der Waals surface area contributed by atoms with Gasteiger partial charge in [-0.3, -0.25) is 4.79 Å². The van der Waals surface area contributed by atoms with Gasteiger partial charge in [0.2, 0.25) is 5.91 Å². The van der Waals surface area contributed by atoms with Crippen LogP contribution in [0.2, 0.25) is 0 Å². The molecule has 4 nitrogen and oxygen atoms in total. The predicted molar refractivity (Wildman–Crippen MR) is 126 cm³/mol.